The third kappa shape index (κ3) is 7.23. The van der Waals surface area contributed by atoms with E-state index in [0.29, 0.717) is 16.9 Å². The summed E-state index contributed by atoms with van der Waals surface area (Å²) in [5.41, 5.74) is 1.70. The van der Waals surface area contributed by atoms with Gasteiger partial charge in [0.1, 0.15) is 18.5 Å². The van der Waals surface area contributed by atoms with E-state index in [1.807, 2.05) is 30.3 Å². The number of aliphatic hydroxyl groups is 2. The van der Waals surface area contributed by atoms with Crippen molar-refractivity contribution in [2.75, 3.05) is 13.7 Å². The molecule has 0 aliphatic rings. The third-order valence-corrected chi connectivity index (χ3v) is 4.29. The third-order valence-electron chi connectivity index (χ3n) is 4.29. The first-order valence-corrected chi connectivity index (χ1v) is 9.30. The van der Waals surface area contributed by atoms with E-state index in [4.69, 9.17) is 14.6 Å². The number of rotatable bonds is 10. The highest BCUT2D eigenvalue weighted by Gasteiger charge is 2.19. The lowest BCUT2D eigenvalue weighted by Gasteiger charge is -2.19. The van der Waals surface area contributed by atoms with Crippen LogP contribution in [0.4, 0.5) is 4.79 Å². The molecule has 0 heterocycles. The monoisotopic (exact) mass is 415 g/mol. The van der Waals surface area contributed by atoms with Crippen LogP contribution in [0.25, 0.3) is 6.08 Å². The summed E-state index contributed by atoms with van der Waals surface area (Å²) in [5.74, 6) is -0.686. The Labute approximate surface area is 174 Å². The number of benzene rings is 2. The summed E-state index contributed by atoms with van der Waals surface area (Å²) in [5, 5.41) is 32.0. The maximum Gasteiger partial charge on any atom is 0.407 e. The number of hydrogen-bond acceptors (Lipinski definition) is 6. The van der Waals surface area contributed by atoms with Crippen molar-refractivity contribution in [3.05, 3.63) is 71.3 Å². The Bertz CT molecular complexity index is 867. The van der Waals surface area contributed by atoms with E-state index in [0.717, 1.165) is 11.6 Å². The zero-order chi connectivity index (χ0) is 21.9. The number of carbonyl (C=O) groups is 2. The zero-order valence-corrected chi connectivity index (χ0v) is 16.5. The molecule has 2 rings (SSSR count). The Kier molecular flexibility index (Phi) is 8.86. The molecule has 30 heavy (non-hydrogen) atoms. The first-order chi connectivity index (χ1) is 14.4. The summed E-state index contributed by atoms with van der Waals surface area (Å²) in [6.45, 7) is 0.240. The van der Waals surface area contributed by atoms with Crippen LogP contribution in [0.2, 0.25) is 0 Å². The van der Waals surface area contributed by atoms with Crippen LogP contribution in [0.5, 0.6) is 5.75 Å². The minimum atomic E-state index is -1.23. The lowest BCUT2D eigenvalue weighted by molar-refractivity contribution is -0.131. The number of alkyl carbamates (subject to hydrolysis) is 1. The molecule has 1 amide bonds. The van der Waals surface area contributed by atoms with E-state index in [1.54, 1.807) is 12.1 Å². The van der Waals surface area contributed by atoms with Gasteiger partial charge in [0.2, 0.25) is 0 Å². The molecule has 0 fully saturated rings. The lowest BCUT2D eigenvalue weighted by Crippen LogP contribution is -2.29. The van der Waals surface area contributed by atoms with Gasteiger partial charge in [0.25, 0.3) is 0 Å². The van der Waals surface area contributed by atoms with Crippen LogP contribution in [0.1, 0.15) is 29.2 Å². The van der Waals surface area contributed by atoms with Crippen LogP contribution in [0, 0.1) is 0 Å². The van der Waals surface area contributed by atoms with Gasteiger partial charge >= 0.3 is 12.1 Å². The number of hydrogen-bond donors (Lipinski definition) is 4. The average Bonchev–Trinajstić information content (AvgIpc) is 2.76. The van der Waals surface area contributed by atoms with Crippen LogP contribution in [0.15, 0.2) is 54.6 Å². The minimum Gasteiger partial charge on any atom is -0.496 e. The molecule has 0 saturated carbocycles. The van der Waals surface area contributed by atoms with Crippen LogP contribution in [-0.2, 0) is 16.1 Å². The molecule has 0 aliphatic heterocycles. The molecule has 160 valence electrons. The van der Waals surface area contributed by atoms with Crippen molar-refractivity contribution in [2.45, 2.75) is 25.2 Å². The smallest absolute Gasteiger partial charge is 0.407 e. The molecular weight excluding hydrogens is 390 g/mol. The second kappa shape index (κ2) is 11.6. The van der Waals surface area contributed by atoms with E-state index in [2.05, 4.69) is 5.32 Å². The first kappa shape index (κ1) is 22.9. The molecular formula is C22H25NO7. The van der Waals surface area contributed by atoms with Crippen molar-refractivity contribution in [1.82, 2.24) is 5.32 Å². The Hall–Kier alpha value is -3.36. The molecule has 8 heteroatoms. The number of methoxy groups -OCH3 is 1. The number of nitrogens with one attached hydrogen (secondary N) is 1. The van der Waals surface area contributed by atoms with Crippen molar-refractivity contribution in [2.24, 2.45) is 0 Å². The Morgan fingerprint density at radius 3 is 2.53 bits per heavy atom. The second-order valence-electron chi connectivity index (χ2n) is 6.46. The summed E-state index contributed by atoms with van der Waals surface area (Å²) < 4.78 is 10.2. The molecule has 2 aromatic carbocycles. The van der Waals surface area contributed by atoms with E-state index >= 15 is 0 Å². The zero-order valence-electron chi connectivity index (χ0n) is 16.5. The van der Waals surface area contributed by atoms with Gasteiger partial charge in [-0.3, -0.25) is 0 Å². The molecule has 0 radical (unpaired) electrons. The number of carboxylic acids is 1. The summed E-state index contributed by atoms with van der Waals surface area (Å²) in [6, 6.07) is 13.9. The summed E-state index contributed by atoms with van der Waals surface area (Å²) in [7, 11) is 1.45. The average molecular weight is 415 g/mol. The fraction of sp³-hybridized carbons (Fsp3) is 0.273. The Morgan fingerprint density at radius 2 is 1.87 bits per heavy atom. The van der Waals surface area contributed by atoms with Crippen LogP contribution in [0.3, 0.4) is 0 Å². The van der Waals surface area contributed by atoms with E-state index in [-0.39, 0.29) is 19.6 Å². The van der Waals surface area contributed by atoms with Gasteiger partial charge in [0.05, 0.1) is 13.2 Å². The van der Waals surface area contributed by atoms with Crippen LogP contribution >= 0.6 is 0 Å². The molecule has 2 unspecified atom stereocenters. The van der Waals surface area contributed by atoms with Gasteiger partial charge in [-0.15, -0.1) is 0 Å². The highest BCUT2D eigenvalue weighted by molar-refractivity contribution is 5.86. The van der Waals surface area contributed by atoms with Crippen molar-refractivity contribution in [3.8, 4) is 5.75 Å². The molecule has 0 bridgehead atoms. The Balaban J connectivity index is 1.86. The number of ether oxygens (including phenoxy) is 2. The van der Waals surface area contributed by atoms with Crippen molar-refractivity contribution in [1.29, 1.82) is 0 Å². The minimum absolute atomic E-state index is 0.0912. The summed E-state index contributed by atoms with van der Waals surface area (Å²) in [6.07, 6.45) is -0.609. The first-order valence-electron chi connectivity index (χ1n) is 9.30. The number of aliphatic carboxylic acids is 1. The topological polar surface area (TPSA) is 125 Å². The molecule has 4 N–H and O–H groups in total. The summed E-state index contributed by atoms with van der Waals surface area (Å²) >= 11 is 0. The molecule has 0 saturated heterocycles. The van der Waals surface area contributed by atoms with Crippen molar-refractivity contribution in [3.63, 3.8) is 0 Å². The molecule has 0 aliphatic carbocycles. The Morgan fingerprint density at radius 1 is 1.13 bits per heavy atom. The van der Waals surface area contributed by atoms with Gasteiger partial charge in [-0.25, -0.2) is 9.59 Å². The molecule has 2 atom stereocenters. The SMILES string of the molecule is COc1ccc(C(O)C(O)CCNC(=O)OCc2ccccc2)cc1/C=C/C(=O)O. The second-order valence-corrected chi connectivity index (χ2v) is 6.46. The molecule has 2 aromatic rings. The molecule has 8 nitrogen and oxygen atoms in total. The number of carboxylic acid groups (broad SMARTS) is 1. The highest BCUT2D eigenvalue weighted by Crippen LogP contribution is 2.26. The van der Waals surface area contributed by atoms with Gasteiger partial charge in [-0.1, -0.05) is 36.4 Å². The fourth-order valence-electron chi connectivity index (χ4n) is 2.70. The standard InChI is InChI=1S/C22H25NO7/c1-29-19-9-7-17(13-16(19)8-10-20(25)26)21(27)18(24)11-12-23-22(28)30-14-15-5-3-2-4-6-15/h2-10,13,18,21,24,27H,11-12,14H2,1H3,(H,23,28)(H,25,26)/b10-8+. The number of amides is 1. The van der Waals surface area contributed by atoms with Gasteiger partial charge < -0.3 is 30.1 Å². The lowest BCUT2D eigenvalue weighted by atomic mass is 9.99. The summed E-state index contributed by atoms with van der Waals surface area (Å²) in [4.78, 5) is 22.5. The van der Waals surface area contributed by atoms with E-state index < -0.39 is 24.3 Å². The molecule has 0 aromatic heterocycles. The van der Waals surface area contributed by atoms with E-state index in [9.17, 15) is 19.8 Å². The van der Waals surface area contributed by atoms with Gasteiger partial charge in [0.15, 0.2) is 0 Å². The van der Waals surface area contributed by atoms with E-state index in [1.165, 1.54) is 19.3 Å². The highest BCUT2D eigenvalue weighted by atomic mass is 16.5. The maximum absolute atomic E-state index is 11.7. The van der Waals surface area contributed by atoms with Gasteiger partial charge in [0, 0.05) is 18.2 Å². The fourth-order valence-corrected chi connectivity index (χ4v) is 2.70. The van der Waals surface area contributed by atoms with Gasteiger partial charge in [-0.2, -0.15) is 0 Å². The van der Waals surface area contributed by atoms with Crippen molar-refractivity contribution < 1.29 is 34.4 Å². The quantitative estimate of drug-likeness (QED) is 0.439. The predicted molar refractivity (Wildman–Crippen MR) is 110 cm³/mol. The largest absolute Gasteiger partial charge is 0.496 e. The van der Waals surface area contributed by atoms with Crippen LogP contribution < -0.4 is 10.1 Å². The number of carbonyl (C=O) groups excluding carboxylic acids is 1. The maximum atomic E-state index is 11.7. The van der Waals surface area contributed by atoms with Gasteiger partial charge in [-0.05, 0) is 35.8 Å². The van der Waals surface area contributed by atoms with Crippen LogP contribution in [-0.4, -0.2) is 47.1 Å². The normalized spacial score (nSPS) is 12.9. The number of aliphatic hydroxyl groups excluding tert-OH is 2. The molecule has 0 spiro atoms. The van der Waals surface area contributed by atoms with Crippen molar-refractivity contribution >= 4 is 18.1 Å². The predicted octanol–water partition coefficient (Wildman–Crippen LogP) is 2.50.